The Morgan fingerprint density at radius 2 is 2.11 bits per heavy atom. The van der Waals surface area contributed by atoms with Crippen molar-refractivity contribution in [3.05, 3.63) is 46.3 Å². The van der Waals surface area contributed by atoms with E-state index in [4.69, 9.17) is 10.5 Å². The van der Waals surface area contributed by atoms with E-state index in [1.165, 1.54) is 10.9 Å². The Hall–Kier alpha value is -2.41. The largest absolute Gasteiger partial charge is 0.434 e. The Kier molecular flexibility index (Phi) is 3.24. The van der Waals surface area contributed by atoms with E-state index in [-0.39, 0.29) is 11.7 Å². The van der Waals surface area contributed by atoms with Crippen LogP contribution in [0, 0.1) is 10.1 Å². The molecule has 1 aromatic heterocycles. The van der Waals surface area contributed by atoms with Gasteiger partial charge in [0.2, 0.25) is 6.33 Å². The Bertz CT molecular complexity index is 562. The zero-order valence-electron chi connectivity index (χ0n) is 9.74. The van der Waals surface area contributed by atoms with Gasteiger partial charge in [-0.15, -0.1) is 0 Å². The van der Waals surface area contributed by atoms with Crippen molar-refractivity contribution < 1.29 is 9.66 Å². The van der Waals surface area contributed by atoms with Crippen LogP contribution >= 0.6 is 0 Å². The molecule has 0 saturated carbocycles. The van der Waals surface area contributed by atoms with Crippen molar-refractivity contribution in [2.75, 3.05) is 0 Å². The first-order chi connectivity index (χ1) is 8.61. The number of imidazole rings is 1. The smallest absolute Gasteiger partial charge is 0.427 e. The molecule has 0 spiro atoms. The van der Waals surface area contributed by atoms with Crippen LogP contribution in [0.2, 0.25) is 0 Å². The number of ether oxygens (including phenoxy) is 1. The number of hydrogen-bond acceptors (Lipinski definition) is 5. The minimum atomic E-state index is -0.580. The van der Waals surface area contributed by atoms with Crippen molar-refractivity contribution in [2.24, 2.45) is 12.8 Å². The fourth-order valence-electron chi connectivity index (χ4n) is 1.45. The van der Waals surface area contributed by atoms with E-state index >= 15 is 0 Å². The first-order valence-corrected chi connectivity index (χ1v) is 5.24. The van der Waals surface area contributed by atoms with Gasteiger partial charge < -0.3 is 20.6 Å². The van der Waals surface area contributed by atoms with E-state index < -0.39 is 4.92 Å². The molecule has 0 fully saturated rings. The monoisotopic (exact) mass is 248 g/mol. The van der Waals surface area contributed by atoms with Crippen molar-refractivity contribution in [3.8, 4) is 11.6 Å². The van der Waals surface area contributed by atoms with Crippen LogP contribution in [-0.2, 0) is 13.6 Å². The average molecular weight is 248 g/mol. The molecule has 0 atom stereocenters. The molecule has 0 amide bonds. The lowest BCUT2D eigenvalue weighted by Gasteiger charge is -2.05. The average Bonchev–Trinajstić information content (AvgIpc) is 2.72. The number of nitrogens with zero attached hydrogens (tertiary/aromatic N) is 3. The molecular weight excluding hydrogens is 236 g/mol. The summed E-state index contributed by atoms with van der Waals surface area (Å²) in [5.74, 6) is 0.291. The summed E-state index contributed by atoms with van der Waals surface area (Å²) in [7, 11) is 1.63. The fraction of sp³-hybridized carbons (Fsp3) is 0.182. The molecular formula is C11H12N4O3. The number of aromatic nitrogens is 2. The van der Waals surface area contributed by atoms with Crippen molar-refractivity contribution >= 4 is 5.82 Å². The van der Waals surface area contributed by atoms with Gasteiger partial charge in [0.1, 0.15) is 5.75 Å². The molecule has 0 aliphatic carbocycles. The summed E-state index contributed by atoms with van der Waals surface area (Å²) in [6, 6.07) is 7.02. The molecule has 1 heterocycles. The summed E-state index contributed by atoms with van der Waals surface area (Å²) in [6.45, 7) is 0.437. The zero-order chi connectivity index (χ0) is 13.1. The molecule has 2 rings (SSSR count). The van der Waals surface area contributed by atoms with E-state index in [1.807, 2.05) is 0 Å². The number of hydrogen-bond donors (Lipinski definition) is 1. The molecule has 1 aromatic carbocycles. The van der Waals surface area contributed by atoms with Crippen LogP contribution in [0.1, 0.15) is 5.56 Å². The summed E-state index contributed by atoms with van der Waals surface area (Å²) < 4.78 is 6.91. The maximum absolute atomic E-state index is 10.8. The van der Waals surface area contributed by atoms with Gasteiger partial charge in [-0.25, -0.2) is 0 Å². The van der Waals surface area contributed by atoms with Crippen LogP contribution < -0.4 is 10.5 Å². The molecule has 0 aliphatic heterocycles. The lowest BCUT2D eigenvalue weighted by molar-refractivity contribution is -0.390. The summed E-state index contributed by atoms with van der Waals surface area (Å²) in [4.78, 5) is 13.8. The zero-order valence-corrected chi connectivity index (χ0v) is 9.74. The molecule has 2 aromatic rings. The Balaban J connectivity index is 2.27. The maximum atomic E-state index is 10.8. The number of nitro groups is 1. The molecule has 7 heteroatoms. The molecule has 0 radical (unpaired) electrons. The third kappa shape index (κ3) is 2.30. The van der Waals surface area contributed by atoms with Gasteiger partial charge in [-0.3, -0.25) is 4.57 Å². The van der Waals surface area contributed by atoms with Crippen molar-refractivity contribution in [1.82, 2.24) is 9.55 Å². The molecule has 0 bridgehead atoms. The normalized spacial score (nSPS) is 10.3. The second-order valence-electron chi connectivity index (χ2n) is 3.69. The first kappa shape index (κ1) is 12.1. The number of rotatable bonds is 4. The molecule has 0 unspecified atom stereocenters. The van der Waals surface area contributed by atoms with E-state index in [0.29, 0.717) is 12.3 Å². The van der Waals surface area contributed by atoms with Crippen LogP contribution in [0.3, 0.4) is 0 Å². The quantitative estimate of drug-likeness (QED) is 0.654. The number of nitrogens with two attached hydrogens (primary N) is 1. The Morgan fingerprint density at radius 3 is 2.67 bits per heavy atom. The van der Waals surface area contributed by atoms with E-state index in [9.17, 15) is 10.1 Å². The lowest BCUT2D eigenvalue weighted by atomic mass is 10.2. The lowest BCUT2D eigenvalue weighted by Crippen LogP contribution is -1.98. The maximum Gasteiger partial charge on any atom is 0.427 e. The van der Waals surface area contributed by atoms with Crippen LogP contribution in [-0.4, -0.2) is 14.5 Å². The van der Waals surface area contributed by atoms with Gasteiger partial charge >= 0.3 is 11.7 Å². The molecule has 18 heavy (non-hydrogen) atoms. The van der Waals surface area contributed by atoms with Gasteiger partial charge in [0.25, 0.3) is 0 Å². The Morgan fingerprint density at radius 1 is 1.44 bits per heavy atom. The minimum Gasteiger partial charge on any atom is -0.434 e. The molecule has 0 aliphatic rings. The van der Waals surface area contributed by atoms with E-state index in [2.05, 4.69) is 4.98 Å². The van der Waals surface area contributed by atoms with Gasteiger partial charge in [-0.2, -0.15) is 0 Å². The summed E-state index contributed by atoms with van der Waals surface area (Å²) in [5.41, 5.74) is 6.44. The summed E-state index contributed by atoms with van der Waals surface area (Å²) in [5, 5.41) is 10.8. The SMILES string of the molecule is Cn1cnc([N+](=O)[O-])c1Oc1ccc(CN)cc1. The number of aryl methyl sites for hydroxylation is 1. The molecule has 94 valence electrons. The van der Waals surface area contributed by atoms with Crippen molar-refractivity contribution in [1.29, 1.82) is 0 Å². The van der Waals surface area contributed by atoms with Gasteiger partial charge in [0.05, 0.1) is 0 Å². The van der Waals surface area contributed by atoms with Crippen molar-refractivity contribution in [3.63, 3.8) is 0 Å². The topological polar surface area (TPSA) is 96.2 Å². The van der Waals surface area contributed by atoms with Gasteiger partial charge in [0, 0.05) is 13.6 Å². The third-order valence-electron chi connectivity index (χ3n) is 2.41. The second-order valence-corrected chi connectivity index (χ2v) is 3.69. The predicted octanol–water partition coefficient (Wildman–Crippen LogP) is 1.58. The number of benzene rings is 1. The highest BCUT2D eigenvalue weighted by atomic mass is 16.6. The van der Waals surface area contributed by atoms with Gasteiger partial charge in [-0.05, 0) is 27.6 Å². The highest BCUT2D eigenvalue weighted by Gasteiger charge is 2.22. The highest BCUT2D eigenvalue weighted by Crippen LogP contribution is 2.29. The predicted molar refractivity (Wildman–Crippen MR) is 64.3 cm³/mol. The summed E-state index contributed by atoms with van der Waals surface area (Å²) in [6.07, 6.45) is 1.34. The molecule has 7 nitrogen and oxygen atoms in total. The molecule has 0 saturated heterocycles. The van der Waals surface area contributed by atoms with Crippen molar-refractivity contribution in [2.45, 2.75) is 6.54 Å². The minimum absolute atomic E-state index is 0.0977. The van der Waals surface area contributed by atoms with Gasteiger partial charge in [0.15, 0.2) is 0 Å². The Labute approximate surface area is 103 Å². The third-order valence-corrected chi connectivity index (χ3v) is 2.41. The highest BCUT2D eigenvalue weighted by molar-refractivity contribution is 5.38. The van der Waals surface area contributed by atoms with Crippen LogP contribution in [0.5, 0.6) is 11.6 Å². The van der Waals surface area contributed by atoms with Crippen LogP contribution in [0.15, 0.2) is 30.6 Å². The first-order valence-electron chi connectivity index (χ1n) is 5.24. The van der Waals surface area contributed by atoms with E-state index in [1.54, 1.807) is 31.3 Å². The van der Waals surface area contributed by atoms with Gasteiger partial charge in [-0.1, -0.05) is 12.1 Å². The fourth-order valence-corrected chi connectivity index (χ4v) is 1.45. The second kappa shape index (κ2) is 4.84. The van der Waals surface area contributed by atoms with E-state index in [0.717, 1.165) is 5.56 Å². The van der Waals surface area contributed by atoms with Crippen LogP contribution in [0.25, 0.3) is 0 Å². The van der Waals surface area contributed by atoms with Crippen LogP contribution in [0.4, 0.5) is 5.82 Å². The molecule has 2 N–H and O–H groups in total. The summed E-state index contributed by atoms with van der Waals surface area (Å²) >= 11 is 0. The standard InChI is InChI=1S/C11H12N4O3/c1-14-7-13-10(15(16)17)11(14)18-9-4-2-8(6-12)3-5-9/h2-5,7H,6,12H2,1H3.